The fourth-order valence-corrected chi connectivity index (χ4v) is 2.21. The molecular weight excluding hydrogens is 293 g/mol. The lowest BCUT2D eigenvalue weighted by Crippen LogP contribution is -2.19. The van der Waals surface area contributed by atoms with Crippen LogP contribution in [-0.2, 0) is 13.1 Å². The van der Waals surface area contributed by atoms with E-state index in [2.05, 4.69) is 23.3 Å². The predicted molar refractivity (Wildman–Crippen MR) is 78.3 cm³/mol. The van der Waals surface area contributed by atoms with Gasteiger partial charge >= 0.3 is 0 Å². The Balaban J connectivity index is 2.27. The average Bonchev–Trinajstić information content (AvgIpc) is 2.81. The second-order valence-corrected chi connectivity index (χ2v) is 5.01. The van der Waals surface area contributed by atoms with Crippen LogP contribution in [0.15, 0.2) is 18.2 Å². The summed E-state index contributed by atoms with van der Waals surface area (Å²) in [6, 6.07) is 4.18. The minimum Gasteiger partial charge on any atom is -0.314 e. The molecule has 0 amide bonds. The number of rotatable bonds is 5. The first-order valence-electron chi connectivity index (χ1n) is 6.57. The van der Waals surface area contributed by atoms with Crippen molar-refractivity contribution in [2.45, 2.75) is 33.4 Å². The SMILES string of the molecule is CCCn1c(C)nnc1CN(C#N)c1ccc(F)c(Cl)c1. The summed E-state index contributed by atoms with van der Waals surface area (Å²) in [5.41, 5.74) is 0.521. The lowest BCUT2D eigenvalue weighted by molar-refractivity contribution is 0.619. The molecule has 0 saturated heterocycles. The van der Waals surface area contributed by atoms with Crippen LogP contribution in [0.25, 0.3) is 0 Å². The number of nitriles is 1. The standard InChI is InChI=1S/C14H15ClFN5/c1-3-6-21-10(2)18-19-14(21)8-20(9-17)11-4-5-13(16)12(15)7-11/h4-5,7H,3,6,8H2,1-2H3. The lowest BCUT2D eigenvalue weighted by Gasteiger charge is -2.16. The number of aromatic nitrogens is 3. The van der Waals surface area contributed by atoms with Crippen LogP contribution in [0.5, 0.6) is 0 Å². The van der Waals surface area contributed by atoms with Crippen LogP contribution in [-0.4, -0.2) is 14.8 Å². The van der Waals surface area contributed by atoms with E-state index in [0.717, 1.165) is 18.8 Å². The van der Waals surface area contributed by atoms with Crippen molar-refractivity contribution in [1.82, 2.24) is 14.8 Å². The molecule has 0 fully saturated rings. The molecule has 2 rings (SSSR count). The van der Waals surface area contributed by atoms with E-state index in [1.807, 2.05) is 11.5 Å². The monoisotopic (exact) mass is 307 g/mol. The smallest absolute Gasteiger partial charge is 0.184 e. The third-order valence-corrected chi connectivity index (χ3v) is 3.38. The summed E-state index contributed by atoms with van der Waals surface area (Å²) < 4.78 is 15.2. The highest BCUT2D eigenvalue weighted by atomic mass is 35.5. The van der Waals surface area contributed by atoms with Crippen molar-refractivity contribution in [2.75, 3.05) is 4.90 Å². The van der Waals surface area contributed by atoms with Crippen LogP contribution in [0.2, 0.25) is 5.02 Å². The number of benzene rings is 1. The van der Waals surface area contributed by atoms with Gasteiger partial charge in [-0.2, -0.15) is 5.26 Å². The quantitative estimate of drug-likeness (QED) is 0.628. The van der Waals surface area contributed by atoms with Crippen molar-refractivity contribution in [1.29, 1.82) is 5.26 Å². The summed E-state index contributed by atoms with van der Waals surface area (Å²) in [5, 5.41) is 17.4. The van der Waals surface area contributed by atoms with E-state index in [-0.39, 0.29) is 11.6 Å². The van der Waals surface area contributed by atoms with Crippen LogP contribution in [0.4, 0.5) is 10.1 Å². The van der Waals surface area contributed by atoms with Gasteiger partial charge in [-0.15, -0.1) is 10.2 Å². The van der Waals surface area contributed by atoms with Gasteiger partial charge in [-0.3, -0.25) is 4.90 Å². The van der Waals surface area contributed by atoms with E-state index in [0.29, 0.717) is 11.5 Å². The summed E-state index contributed by atoms with van der Waals surface area (Å²) in [6.45, 7) is 4.99. The molecule has 0 radical (unpaired) electrons. The number of hydrogen-bond acceptors (Lipinski definition) is 4. The zero-order chi connectivity index (χ0) is 15.4. The molecule has 1 aromatic carbocycles. The minimum absolute atomic E-state index is 0.0149. The molecule has 0 bridgehead atoms. The van der Waals surface area contributed by atoms with E-state index < -0.39 is 5.82 Å². The molecule has 21 heavy (non-hydrogen) atoms. The van der Waals surface area contributed by atoms with Crippen molar-refractivity contribution in [3.05, 3.63) is 40.7 Å². The van der Waals surface area contributed by atoms with E-state index in [4.69, 9.17) is 11.6 Å². The molecule has 7 heteroatoms. The molecule has 0 aliphatic rings. The number of hydrogen-bond donors (Lipinski definition) is 0. The Labute approximate surface area is 127 Å². The molecule has 2 aromatic rings. The van der Waals surface area contributed by atoms with Gasteiger partial charge < -0.3 is 4.57 Å². The number of anilines is 1. The minimum atomic E-state index is -0.511. The Kier molecular flexibility index (Phi) is 4.76. The zero-order valence-corrected chi connectivity index (χ0v) is 12.6. The van der Waals surface area contributed by atoms with Gasteiger partial charge in [0.2, 0.25) is 0 Å². The first kappa shape index (κ1) is 15.3. The largest absolute Gasteiger partial charge is 0.314 e. The van der Waals surface area contributed by atoms with Gasteiger partial charge in [0.25, 0.3) is 0 Å². The summed E-state index contributed by atoms with van der Waals surface area (Å²) in [7, 11) is 0. The van der Waals surface area contributed by atoms with E-state index in [1.54, 1.807) is 0 Å². The Bertz CT molecular complexity index is 676. The highest BCUT2D eigenvalue weighted by Gasteiger charge is 2.14. The second-order valence-electron chi connectivity index (χ2n) is 4.60. The summed E-state index contributed by atoms with van der Waals surface area (Å²) in [6.07, 6.45) is 3.01. The van der Waals surface area contributed by atoms with E-state index in [9.17, 15) is 9.65 Å². The van der Waals surface area contributed by atoms with E-state index in [1.165, 1.54) is 23.1 Å². The van der Waals surface area contributed by atoms with Gasteiger partial charge in [-0.05, 0) is 31.5 Å². The zero-order valence-electron chi connectivity index (χ0n) is 11.8. The van der Waals surface area contributed by atoms with E-state index >= 15 is 0 Å². The molecular formula is C14H15ClFN5. The molecule has 0 unspecified atom stereocenters. The summed E-state index contributed by atoms with van der Waals surface area (Å²) >= 11 is 5.76. The van der Waals surface area contributed by atoms with Crippen molar-refractivity contribution in [3.8, 4) is 6.19 Å². The Hall–Kier alpha value is -2.13. The summed E-state index contributed by atoms with van der Waals surface area (Å²) in [5.74, 6) is 0.988. The molecule has 0 aliphatic carbocycles. The number of aryl methyl sites for hydroxylation is 1. The van der Waals surface area contributed by atoms with Gasteiger partial charge in [-0.25, -0.2) is 4.39 Å². The van der Waals surface area contributed by atoms with Crippen LogP contribution in [0.3, 0.4) is 0 Å². The molecule has 110 valence electrons. The number of nitrogens with zero attached hydrogens (tertiary/aromatic N) is 5. The fourth-order valence-electron chi connectivity index (χ4n) is 2.03. The molecule has 0 saturated carbocycles. The maximum atomic E-state index is 13.2. The molecule has 0 N–H and O–H groups in total. The van der Waals surface area contributed by atoms with Crippen LogP contribution < -0.4 is 4.90 Å². The van der Waals surface area contributed by atoms with Crippen molar-refractivity contribution >= 4 is 17.3 Å². The van der Waals surface area contributed by atoms with Gasteiger partial charge in [0.1, 0.15) is 11.6 Å². The second kappa shape index (κ2) is 6.55. The van der Waals surface area contributed by atoms with Gasteiger partial charge in [0, 0.05) is 6.54 Å². The molecule has 0 spiro atoms. The van der Waals surface area contributed by atoms with Gasteiger partial charge in [0.15, 0.2) is 12.0 Å². The fraction of sp³-hybridized carbons (Fsp3) is 0.357. The topological polar surface area (TPSA) is 57.7 Å². The van der Waals surface area contributed by atoms with Crippen LogP contribution >= 0.6 is 11.6 Å². The Morgan fingerprint density at radius 3 is 2.81 bits per heavy atom. The number of halogens is 2. The third kappa shape index (κ3) is 3.31. The molecule has 1 heterocycles. The van der Waals surface area contributed by atoms with Gasteiger partial charge in [-0.1, -0.05) is 18.5 Å². The van der Waals surface area contributed by atoms with Crippen molar-refractivity contribution in [3.63, 3.8) is 0 Å². The third-order valence-electron chi connectivity index (χ3n) is 3.09. The first-order chi connectivity index (χ1) is 10.1. The maximum absolute atomic E-state index is 13.2. The van der Waals surface area contributed by atoms with Crippen molar-refractivity contribution < 1.29 is 4.39 Å². The Morgan fingerprint density at radius 2 is 2.19 bits per heavy atom. The van der Waals surface area contributed by atoms with Gasteiger partial charge in [0.05, 0.1) is 17.3 Å². The normalized spacial score (nSPS) is 10.4. The summed E-state index contributed by atoms with van der Waals surface area (Å²) in [4.78, 5) is 1.40. The predicted octanol–water partition coefficient (Wildman–Crippen LogP) is 3.28. The molecule has 0 aliphatic heterocycles. The average molecular weight is 308 g/mol. The Morgan fingerprint density at radius 1 is 1.43 bits per heavy atom. The van der Waals surface area contributed by atoms with Crippen LogP contribution in [0.1, 0.15) is 25.0 Å². The maximum Gasteiger partial charge on any atom is 0.184 e. The molecule has 0 atom stereocenters. The molecule has 1 aromatic heterocycles. The van der Waals surface area contributed by atoms with Crippen LogP contribution in [0, 0.1) is 24.2 Å². The lowest BCUT2D eigenvalue weighted by atomic mass is 10.3. The van der Waals surface area contributed by atoms with Crippen molar-refractivity contribution in [2.24, 2.45) is 0 Å². The highest BCUT2D eigenvalue weighted by molar-refractivity contribution is 6.31. The first-order valence-corrected chi connectivity index (χ1v) is 6.95. The highest BCUT2D eigenvalue weighted by Crippen LogP contribution is 2.23. The molecule has 5 nitrogen and oxygen atoms in total.